The van der Waals surface area contributed by atoms with Crippen LogP contribution in [0.15, 0.2) is 48.5 Å². The summed E-state index contributed by atoms with van der Waals surface area (Å²) in [5.41, 5.74) is 2.91. The van der Waals surface area contributed by atoms with Crippen LogP contribution in [0.1, 0.15) is 26.3 Å². The standard InChI is InChI=1S/C17H21BN2O3/c1-17(2,3)12-4-8-14(9-5-12)19-16(21)20-15-10-6-13(7-11-15)18(22)23/h4-11,22-23H,1-3H3,(H2,19,20,21). The second kappa shape index (κ2) is 6.85. The lowest BCUT2D eigenvalue weighted by Crippen LogP contribution is -2.29. The van der Waals surface area contributed by atoms with Crippen LogP contribution in [0.3, 0.4) is 0 Å². The average Bonchev–Trinajstić information content (AvgIpc) is 2.47. The topological polar surface area (TPSA) is 81.6 Å². The summed E-state index contributed by atoms with van der Waals surface area (Å²) in [6.07, 6.45) is 0. The first kappa shape index (κ1) is 17.1. The molecule has 0 spiro atoms. The van der Waals surface area contributed by atoms with Gasteiger partial charge in [-0.2, -0.15) is 0 Å². The summed E-state index contributed by atoms with van der Waals surface area (Å²) in [5.74, 6) is 0. The molecule has 0 unspecified atom stereocenters. The minimum Gasteiger partial charge on any atom is -0.423 e. The number of urea groups is 1. The van der Waals surface area contributed by atoms with Crippen molar-refractivity contribution in [3.63, 3.8) is 0 Å². The van der Waals surface area contributed by atoms with Crippen LogP contribution in [0.2, 0.25) is 0 Å². The highest BCUT2D eigenvalue weighted by atomic mass is 16.4. The number of rotatable bonds is 3. The van der Waals surface area contributed by atoms with Gasteiger partial charge in [-0.05, 0) is 40.7 Å². The highest BCUT2D eigenvalue weighted by Gasteiger charge is 2.13. The van der Waals surface area contributed by atoms with Crippen LogP contribution in [0.5, 0.6) is 0 Å². The average molecular weight is 312 g/mol. The van der Waals surface area contributed by atoms with Gasteiger partial charge in [-0.1, -0.05) is 45.0 Å². The van der Waals surface area contributed by atoms with E-state index in [9.17, 15) is 4.79 Å². The van der Waals surface area contributed by atoms with Crippen LogP contribution in [-0.2, 0) is 5.41 Å². The molecule has 0 aliphatic rings. The molecular weight excluding hydrogens is 291 g/mol. The molecule has 4 N–H and O–H groups in total. The molecule has 0 aromatic heterocycles. The summed E-state index contributed by atoms with van der Waals surface area (Å²) in [6.45, 7) is 6.40. The van der Waals surface area contributed by atoms with Gasteiger partial charge in [-0.25, -0.2) is 4.79 Å². The summed E-state index contributed by atoms with van der Waals surface area (Å²) in [4.78, 5) is 12.0. The fourth-order valence-electron chi connectivity index (χ4n) is 2.09. The van der Waals surface area contributed by atoms with E-state index in [4.69, 9.17) is 10.0 Å². The molecule has 2 aromatic carbocycles. The number of nitrogens with one attached hydrogen (secondary N) is 2. The molecule has 0 fully saturated rings. The molecule has 5 nitrogen and oxygen atoms in total. The summed E-state index contributed by atoms with van der Waals surface area (Å²) >= 11 is 0. The van der Waals surface area contributed by atoms with Crippen LogP contribution < -0.4 is 16.1 Å². The van der Waals surface area contributed by atoms with Gasteiger partial charge < -0.3 is 20.7 Å². The molecule has 0 radical (unpaired) electrons. The van der Waals surface area contributed by atoms with Gasteiger partial charge in [0.25, 0.3) is 0 Å². The van der Waals surface area contributed by atoms with Gasteiger partial charge in [-0.15, -0.1) is 0 Å². The van der Waals surface area contributed by atoms with Crippen molar-refractivity contribution in [1.82, 2.24) is 0 Å². The van der Waals surface area contributed by atoms with Gasteiger partial charge in [0, 0.05) is 11.4 Å². The van der Waals surface area contributed by atoms with Crippen LogP contribution in [0.4, 0.5) is 16.2 Å². The molecule has 2 amide bonds. The fraction of sp³-hybridized carbons (Fsp3) is 0.235. The lowest BCUT2D eigenvalue weighted by Gasteiger charge is -2.19. The van der Waals surface area contributed by atoms with Crippen LogP contribution in [-0.4, -0.2) is 23.2 Å². The molecule has 0 atom stereocenters. The molecule has 0 aliphatic carbocycles. The maximum atomic E-state index is 12.0. The molecule has 23 heavy (non-hydrogen) atoms. The van der Waals surface area contributed by atoms with Gasteiger partial charge in [0.1, 0.15) is 0 Å². The van der Waals surface area contributed by atoms with Gasteiger partial charge in [0.2, 0.25) is 0 Å². The Bertz CT molecular complexity index is 662. The van der Waals surface area contributed by atoms with E-state index >= 15 is 0 Å². The van der Waals surface area contributed by atoms with Gasteiger partial charge in [0.15, 0.2) is 0 Å². The molecular formula is C17H21BN2O3. The summed E-state index contributed by atoms with van der Waals surface area (Å²) in [6, 6.07) is 13.7. The van der Waals surface area contributed by atoms with Gasteiger partial charge in [-0.3, -0.25) is 0 Å². The first-order valence-electron chi connectivity index (χ1n) is 7.40. The molecule has 6 heteroatoms. The van der Waals surface area contributed by atoms with Gasteiger partial charge >= 0.3 is 13.1 Å². The summed E-state index contributed by atoms with van der Waals surface area (Å²) in [5, 5.41) is 23.5. The van der Waals surface area contributed by atoms with Crippen molar-refractivity contribution >= 4 is 30.0 Å². The van der Waals surface area contributed by atoms with E-state index in [1.54, 1.807) is 24.3 Å². The number of carbonyl (C=O) groups excluding carboxylic acids is 1. The second-order valence-electron chi connectivity index (χ2n) is 6.40. The lowest BCUT2D eigenvalue weighted by atomic mass is 9.80. The van der Waals surface area contributed by atoms with E-state index in [1.807, 2.05) is 24.3 Å². The third-order valence-electron chi connectivity index (χ3n) is 3.48. The first-order valence-corrected chi connectivity index (χ1v) is 7.40. The first-order chi connectivity index (χ1) is 10.8. The zero-order valence-electron chi connectivity index (χ0n) is 13.5. The van der Waals surface area contributed by atoms with E-state index in [0.717, 1.165) is 0 Å². The third-order valence-corrected chi connectivity index (χ3v) is 3.48. The zero-order valence-corrected chi connectivity index (χ0v) is 13.5. The van der Waals surface area contributed by atoms with Gasteiger partial charge in [0.05, 0.1) is 0 Å². The van der Waals surface area contributed by atoms with E-state index in [2.05, 4.69) is 31.4 Å². The Kier molecular flexibility index (Phi) is 5.08. The number of hydrogen-bond acceptors (Lipinski definition) is 3. The number of benzene rings is 2. The predicted molar refractivity (Wildman–Crippen MR) is 94.1 cm³/mol. The van der Waals surface area contributed by atoms with Crippen molar-refractivity contribution in [2.45, 2.75) is 26.2 Å². The lowest BCUT2D eigenvalue weighted by molar-refractivity contribution is 0.262. The molecule has 0 heterocycles. The minimum atomic E-state index is -1.51. The van der Waals surface area contributed by atoms with Crippen LogP contribution >= 0.6 is 0 Å². The molecule has 0 bridgehead atoms. The zero-order chi connectivity index (χ0) is 17.0. The molecule has 0 saturated heterocycles. The minimum absolute atomic E-state index is 0.0693. The quantitative estimate of drug-likeness (QED) is 0.657. The molecule has 2 rings (SSSR count). The maximum Gasteiger partial charge on any atom is 0.488 e. The van der Waals surface area contributed by atoms with Crippen molar-refractivity contribution in [1.29, 1.82) is 0 Å². The fourth-order valence-corrected chi connectivity index (χ4v) is 2.09. The Hall–Kier alpha value is -2.31. The van der Waals surface area contributed by atoms with Crippen LogP contribution in [0.25, 0.3) is 0 Å². The summed E-state index contributed by atoms with van der Waals surface area (Å²) in [7, 11) is -1.51. The summed E-state index contributed by atoms with van der Waals surface area (Å²) < 4.78 is 0. The van der Waals surface area contributed by atoms with E-state index in [-0.39, 0.29) is 11.4 Å². The van der Waals surface area contributed by atoms with Crippen molar-refractivity contribution in [2.24, 2.45) is 0 Å². The van der Waals surface area contributed by atoms with Crippen molar-refractivity contribution in [2.75, 3.05) is 10.6 Å². The van der Waals surface area contributed by atoms with E-state index < -0.39 is 7.12 Å². The number of amides is 2. The SMILES string of the molecule is CC(C)(C)c1ccc(NC(=O)Nc2ccc(B(O)O)cc2)cc1. The Morgan fingerprint density at radius 1 is 0.870 bits per heavy atom. The Morgan fingerprint density at radius 2 is 1.30 bits per heavy atom. The Labute approximate surface area is 136 Å². The van der Waals surface area contributed by atoms with Crippen molar-refractivity contribution < 1.29 is 14.8 Å². The number of hydrogen-bond donors (Lipinski definition) is 4. The normalized spacial score (nSPS) is 11.0. The predicted octanol–water partition coefficient (Wildman–Crippen LogP) is 2.31. The molecule has 0 aliphatic heterocycles. The number of carbonyl (C=O) groups is 1. The Balaban J connectivity index is 1.96. The van der Waals surface area contributed by atoms with E-state index in [0.29, 0.717) is 16.8 Å². The molecule has 2 aromatic rings. The monoisotopic (exact) mass is 312 g/mol. The smallest absolute Gasteiger partial charge is 0.423 e. The molecule has 120 valence electrons. The van der Waals surface area contributed by atoms with Crippen molar-refractivity contribution in [3.8, 4) is 0 Å². The highest BCUT2D eigenvalue weighted by Crippen LogP contribution is 2.23. The number of anilines is 2. The third kappa shape index (κ3) is 4.84. The maximum absolute atomic E-state index is 12.0. The Morgan fingerprint density at radius 3 is 1.70 bits per heavy atom. The van der Waals surface area contributed by atoms with Crippen molar-refractivity contribution in [3.05, 3.63) is 54.1 Å². The molecule has 0 saturated carbocycles. The largest absolute Gasteiger partial charge is 0.488 e. The van der Waals surface area contributed by atoms with E-state index in [1.165, 1.54) is 5.56 Å². The second-order valence-corrected chi connectivity index (χ2v) is 6.40. The van der Waals surface area contributed by atoms with Crippen LogP contribution in [0, 0.1) is 0 Å². The highest BCUT2D eigenvalue weighted by molar-refractivity contribution is 6.58.